The van der Waals surface area contributed by atoms with Gasteiger partial charge in [0.05, 0.1) is 11.7 Å². The Morgan fingerprint density at radius 3 is 2.83 bits per heavy atom. The molecule has 1 aliphatic heterocycles. The second-order valence-electron chi connectivity index (χ2n) is 8.57. The van der Waals surface area contributed by atoms with E-state index < -0.39 is 0 Å². The Balaban J connectivity index is 1.52. The molecule has 1 fully saturated rings. The molecule has 2 aromatic rings. The molecule has 4 rings (SSSR count). The molecule has 2 heterocycles. The summed E-state index contributed by atoms with van der Waals surface area (Å²) in [5.74, 6) is -0.138. The first-order valence-corrected chi connectivity index (χ1v) is 11.7. The minimum absolute atomic E-state index is 0.00192. The van der Waals surface area contributed by atoms with E-state index in [1.54, 1.807) is 36.4 Å². The van der Waals surface area contributed by atoms with Crippen molar-refractivity contribution in [3.8, 4) is 0 Å². The van der Waals surface area contributed by atoms with E-state index in [0.717, 1.165) is 29.8 Å². The number of carbonyl (C=O) groups excluding carboxylic acids is 1. The van der Waals surface area contributed by atoms with E-state index >= 15 is 0 Å². The van der Waals surface area contributed by atoms with Crippen molar-refractivity contribution in [1.82, 2.24) is 9.88 Å². The second kappa shape index (κ2) is 10.8. The second-order valence-corrected chi connectivity index (χ2v) is 8.57. The number of hydrogen-bond acceptors (Lipinski definition) is 6. The molecule has 2 unspecified atom stereocenters. The molecule has 3 N–H and O–H groups in total. The molecule has 1 aromatic carbocycles. The Labute approximate surface area is 204 Å². The van der Waals surface area contributed by atoms with Crippen molar-refractivity contribution in [3.63, 3.8) is 0 Å². The van der Waals surface area contributed by atoms with E-state index in [0.29, 0.717) is 17.1 Å². The molecule has 178 valence electrons. The molecule has 35 heavy (non-hydrogen) atoms. The Morgan fingerprint density at radius 2 is 2.09 bits per heavy atom. The number of pyridine rings is 1. The van der Waals surface area contributed by atoms with Crippen molar-refractivity contribution in [3.05, 3.63) is 82.9 Å². The lowest BCUT2D eigenvalue weighted by Gasteiger charge is -2.19. The summed E-state index contributed by atoms with van der Waals surface area (Å²) in [6.07, 6.45) is 14.1. The van der Waals surface area contributed by atoms with Crippen LogP contribution in [0.5, 0.6) is 0 Å². The standard InChI is InChI=1S/C27H29N7O/c1-3-30-25(14-18(2)19-10-12-31-23-7-5-4-6-20(23)15-19)27(35)33-21-11-13-32-24(16-21)26(29)34(17-28)22-8-9-22/h3-7,10-19,22,28-29H,8-9H2,1-2H3,(H,32,33,35)/b25-14-,28-17?,29-26?,30-3?. The van der Waals surface area contributed by atoms with Crippen LogP contribution in [-0.2, 0) is 4.79 Å². The number of nitrogens with zero attached hydrogens (tertiary/aromatic N) is 4. The summed E-state index contributed by atoms with van der Waals surface area (Å²) < 4.78 is 0. The fourth-order valence-electron chi connectivity index (χ4n) is 3.91. The summed E-state index contributed by atoms with van der Waals surface area (Å²) in [6, 6.07) is 11.5. The van der Waals surface area contributed by atoms with Crippen molar-refractivity contribution in [2.45, 2.75) is 32.7 Å². The number of aromatic nitrogens is 1. The first kappa shape index (κ1) is 23.9. The Hall–Kier alpha value is -4.20. The van der Waals surface area contributed by atoms with E-state index in [9.17, 15) is 4.79 Å². The van der Waals surface area contributed by atoms with Crippen LogP contribution in [-0.4, -0.2) is 40.2 Å². The van der Waals surface area contributed by atoms with Gasteiger partial charge in [-0.3, -0.25) is 30.6 Å². The van der Waals surface area contributed by atoms with Gasteiger partial charge >= 0.3 is 0 Å². The van der Waals surface area contributed by atoms with Gasteiger partial charge in [0, 0.05) is 36.3 Å². The van der Waals surface area contributed by atoms with Crippen molar-refractivity contribution >= 4 is 36.1 Å². The Bertz CT molecular complexity index is 1340. The van der Waals surface area contributed by atoms with Gasteiger partial charge in [0.15, 0.2) is 5.84 Å². The number of allylic oxidation sites excluding steroid dienone is 2. The van der Waals surface area contributed by atoms with Crippen LogP contribution in [0.3, 0.4) is 0 Å². The van der Waals surface area contributed by atoms with E-state index in [2.05, 4.69) is 26.4 Å². The van der Waals surface area contributed by atoms with Gasteiger partial charge in [0.1, 0.15) is 11.4 Å². The minimum Gasteiger partial charge on any atom is -0.321 e. The lowest BCUT2D eigenvalue weighted by atomic mass is 9.92. The normalized spacial score (nSPS) is 18.0. The molecule has 1 aromatic heterocycles. The van der Waals surface area contributed by atoms with Gasteiger partial charge in [0.2, 0.25) is 0 Å². The fourth-order valence-corrected chi connectivity index (χ4v) is 3.91. The van der Waals surface area contributed by atoms with Crippen LogP contribution < -0.4 is 15.9 Å². The summed E-state index contributed by atoms with van der Waals surface area (Å²) in [5.41, 5.74) is 1.23. The largest absolute Gasteiger partial charge is 0.321 e. The molecule has 2 aliphatic rings. The zero-order valence-electron chi connectivity index (χ0n) is 19.8. The lowest BCUT2D eigenvalue weighted by Crippen LogP contribution is -2.32. The highest BCUT2D eigenvalue weighted by Gasteiger charge is 2.30. The van der Waals surface area contributed by atoms with Gasteiger partial charge < -0.3 is 10.2 Å². The average molecular weight is 468 g/mol. The highest BCUT2D eigenvalue weighted by atomic mass is 16.2. The number of aliphatic imine (C=N–C) groups is 1. The zero-order chi connectivity index (χ0) is 24.8. The summed E-state index contributed by atoms with van der Waals surface area (Å²) >= 11 is 0. The van der Waals surface area contributed by atoms with Crippen LogP contribution in [0.1, 0.15) is 32.4 Å². The van der Waals surface area contributed by atoms with E-state index in [4.69, 9.17) is 10.8 Å². The van der Waals surface area contributed by atoms with Crippen molar-refractivity contribution in [2.75, 3.05) is 5.32 Å². The molecule has 0 spiro atoms. The summed E-state index contributed by atoms with van der Waals surface area (Å²) in [5, 5.41) is 20.9. The minimum atomic E-state index is -0.340. The Kier molecular flexibility index (Phi) is 7.40. The summed E-state index contributed by atoms with van der Waals surface area (Å²) in [7, 11) is 0. The molecule has 1 aliphatic carbocycles. The quantitative estimate of drug-likeness (QED) is 0.314. The first-order valence-electron chi connectivity index (χ1n) is 11.7. The third-order valence-corrected chi connectivity index (χ3v) is 5.96. The number of hydrogen-bond donors (Lipinski definition) is 3. The maximum Gasteiger partial charge on any atom is 0.273 e. The van der Waals surface area contributed by atoms with Crippen LogP contribution in [0.15, 0.2) is 76.6 Å². The number of carbonyl (C=O) groups is 1. The van der Waals surface area contributed by atoms with Crippen molar-refractivity contribution in [2.24, 2.45) is 21.8 Å². The van der Waals surface area contributed by atoms with Crippen LogP contribution in [0.25, 0.3) is 6.08 Å². The van der Waals surface area contributed by atoms with Gasteiger partial charge in [0.25, 0.3) is 5.91 Å². The van der Waals surface area contributed by atoms with Gasteiger partial charge in [-0.25, -0.2) is 0 Å². The number of fused-ring (bicyclic) bond motifs is 1. The first-order chi connectivity index (χ1) is 17.0. The number of amidine groups is 1. The van der Waals surface area contributed by atoms with Crippen molar-refractivity contribution in [1.29, 1.82) is 10.8 Å². The smallest absolute Gasteiger partial charge is 0.273 e. The SMILES string of the molecule is CC=N/C(=C\C(C)C1C=CN=c2ccccc2=C1)C(=O)Nc1ccnc(C(=N)N(C=N)C2CC2)c1. The number of anilines is 1. The van der Waals surface area contributed by atoms with Crippen LogP contribution in [0.4, 0.5) is 5.69 Å². The highest BCUT2D eigenvalue weighted by molar-refractivity contribution is 6.06. The molecular weight excluding hydrogens is 438 g/mol. The molecule has 2 atom stereocenters. The van der Waals surface area contributed by atoms with Gasteiger partial charge in [-0.05, 0) is 55.2 Å². The summed E-state index contributed by atoms with van der Waals surface area (Å²) in [4.78, 5) is 27.8. The highest BCUT2D eigenvalue weighted by Crippen LogP contribution is 2.27. The third-order valence-electron chi connectivity index (χ3n) is 5.96. The predicted molar refractivity (Wildman–Crippen MR) is 139 cm³/mol. The molecule has 0 radical (unpaired) electrons. The summed E-state index contributed by atoms with van der Waals surface area (Å²) in [6.45, 7) is 3.82. The fraction of sp³-hybridized carbons (Fsp3) is 0.259. The average Bonchev–Trinajstić information content (AvgIpc) is 3.71. The molecule has 1 saturated carbocycles. The van der Waals surface area contributed by atoms with Crippen LogP contribution in [0.2, 0.25) is 0 Å². The monoisotopic (exact) mass is 467 g/mol. The molecule has 8 heteroatoms. The van der Waals surface area contributed by atoms with Gasteiger partial charge in [-0.1, -0.05) is 37.3 Å². The van der Waals surface area contributed by atoms with Crippen molar-refractivity contribution < 1.29 is 4.79 Å². The number of benzene rings is 1. The maximum atomic E-state index is 13.1. The van der Waals surface area contributed by atoms with E-state index in [1.807, 2.05) is 49.5 Å². The third kappa shape index (κ3) is 5.84. The van der Waals surface area contributed by atoms with E-state index in [1.165, 1.54) is 0 Å². The van der Waals surface area contributed by atoms with E-state index in [-0.39, 0.29) is 29.6 Å². The van der Waals surface area contributed by atoms with Gasteiger partial charge in [-0.2, -0.15) is 0 Å². The van der Waals surface area contributed by atoms with Gasteiger partial charge in [-0.15, -0.1) is 0 Å². The topological polar surface area (TPSA) is 118 Å². The predicted octanol–water partition coefficient (Wildman–Crippen LogP) is 3.27. The molecular formula is C27H29N7O. The maximum absolute atomic E-state index is 13.1. The number of para-hydroxylation sites is 1. The molecule has 8 nitrogen and oxygen atoms in total. The van der Waals surface area contributed by atoms with Crippen LogP contribution in [0, 0.1) is 22.7 Å². The molecule has 1 amide bonds. The number of amides is 1. The lowest BCUT2D eigenvalue weighted by molar-refractivity contribution is -0.112. The number of nitrogens with one attached hydrogen (secondary N) is 3. The zero-order valence-corrected chi connectivity index (χ0v) is 19.8. The molecule has 0 bridgehead atoms. The number of rotatable bonds is 8. The Morgan fingerprint density at radius 1 is 1.29 bits per heavy atom. The van der Waals surface area contributed by atoms with Crippen LogP contribution >= 0.6 is 0 Å². The molecule has 0 saturated heterocycles.